The predicted molar refractivity (Wildman–Crippen MR) is 143 cm³/mol. The predicted octanol–water partition coefficient (Wildman–Crippen LogP) is 3.07. The zero-order valence-electron chi connectivity index (χ0n) is 20.8. The van der Waals surface area contributed by atoms with Crippen molar-refractivity contribution in [2.75, 3.05) is 62.4 Å². The fourth-order valence-corrected chi connectivity index (χ4v) is 4.76. The van der Waals surface area contributed by atoms with E-state index in [4.69, 9.17) is 0 Å². The van der Waals surface area contributed by atoms with Gasteiger partial charge in [0.2, 0.25) is 0 Å². The third-order valence-corrected chi connectivity index (χ3v) is 6.47. The Morgan fingerprint density at radius 3 is 1.31 bits per heavy atom. The Labute approximate surface area is 208 Å². The molecular weight excluding hydrogens is 440 g/mol. The van der Waals surface area contributed by atoms with E-state index >= 15 is 0 Å². The van der Waals surface area contributed by atoms with Gasteiger partial charge in [0.05, 0.1) is 26.4 Å². The summed E-state index contributed by atoms with van der Waals surface area (Å²) < 4.78 is 0. The van der Waals surface area contributed by atoms with Crippen LogP contribution in [0.2, 0.25) is 0 Å². The molecule has 35 heavy (non-hydrogen) atoms. The Balaban J connectivity index is 2.06. The van der Waals surface area contributed by atoms with Crippen molar-refractivity contribution in [1.82, 2.24) is 0 Å². The second kappa shape index (κ2) is 13.3. The molecule has 0 bridgehead atoms. The zero-order chi connectivity index (χ0) is 25.2. The Kier molecular flexibility index (Phi) is 10.1. The summed E-state index contributed by atoms with van der Waals surface area (Å²) in [5.41, 5.74) is 7.85. The molecular formula is C29H38N2O4. The first-order valence-corrected chi connectivity index (χ1v) is 12.2. The topological polar surface area (TPSA) is 87.4 Å². The molecule has 4 N–H and O–H groups in total. The molecule has 0 heterocycles. The Morgan fingerprint density at radius 2 is 0.971 bits per heavy atom. The maximum atomic E-state index is 9.44. The van der Waals surface area contributed by atoms with Gasteiger partial charge in [0, 0.05) is 43.5 Å². The van der Waals surface area contributed by atoms with E-state index in [2.05, 4.69) is 74.5 Å². The van der Waals surface area contributed by atoms with Crippen molar-refractivity contribution in [3.63, 3.8) is 0 Å². The van der Waals surface area contributed by atoms with Crippen LogP contribution in [0.25, 0.3) is 0 Å². The quantitative estimate of drug-likeness (QED) is 0.283. The number of anilines is 2. The van der Waals surface area contributed by atoms with Crippen LogP contribution >= 0.6 is 0 Å². The Bertz CT molecular complexity index is 980. The van der Waals surface area contributed by atoms with E-state index in [9.17, 15) is 20.4 Å². The van der Waals surface area contributed by atoms with Gasteiger partial charge in [0.1, 0.15) is 0 Å². The lowest BCUT2D eigenvalue weighted by atomic mass is 9.81. The maximum absolute atomic E-state index is 9.44. The molecule has 3 aromatic rings. The highest BCUT2D eigenvalue weighted by Crippen LogP contribution is 2.37. The molecule has 0 atom stereocenters. The van der Waals surface area contributed by atoms with E-state index in [1.807, 2.05) is 15.9 Å². The summed E-state index contributed by atoms with van der Waals surface area (Å²) in [5.74, 6) is 0.0348. The number of hydrogen-bond donors (Lipinski definition) is 4. The first kappa shape index (κ1) is 26.7. The van der Waals surface area contributed by atoms with Crippen LogP contribution in [-0.2, 0) is 0 Å². The Morgan fingerprint density at radius 1 is 0.571 bits per heavy atom. The zero-order valence-corrected chi connectivity index (χ0v) is 20.8. The molecule has 0 saturated carbocycles. The molecule has 0 amide bonds. The highest BCUT2D eigenvalue weighted by Gasteiger charge is 2.22. The van der Waals surface area contributed by atoms with Gasteiger partial charge >= 0.3 is 0 Å². The fraction of sp³-hybridized carbons (Fsp3) is 0.379. The summed E-state index contributed by atoms with van der Waals surface area (Å²) in [7, 11) is 0. The molecule has 6 heteroatoms. The molecule has 6 nitrogen and oxygen atoms in total. The van der Waals surface area contributed by atoms with E-state index in [0.717, 1.165) is 22.5 Å². The van der Waals surface area contributed by atoms with Crippen molar-refractivity contribution < 1.29 is 20.4 Å². The average molecular weight is 479 g/mol. The van der Waals surface area contributed by atoms with Gasteiger partial charge < -0.3 is 30.2 Å². The first-order chi connectivity index (χ1) is 17.0. The molecule has 0 fully saturated rings. The SMILES string of the molecule is Cc1cc(N(CCO)CCO)ccc1C(c1ccccc1)c1ccc(N(CCO)CCO)cc1C. The van der Waals surface area contributed by atoms with Crippen molar-refractivity contribution in [2.45, 2.75) is 19.8 Å². The summed E-state index contributed by atoms with van der Waals surface area (Å²) >= 11 is 0. The normalized spacial score (nSPS) is 11.2. The van der Waals surface area contributed by atoms with E-state index in [1.54, 1.807) is 0 Å². The Hall–Kier alpha value is -2.90. The molecule has 0 saturated heterocycles. The maximum Gasteiger partial charge on any atom is 0.0606 e. The van der Waals surface area contributed by atoms with Crippen molar-refractivity contribution >= 4 is 11.4 Å². The minimum absolute atomic E-state index is 0.0303. The van der Waals surface area contributed by atoms with E-state index in [1.165, 1.54) is 16.7 Å². The average Bonchev–Trinajstić information content (AvgIpc) is 2.86. The smallest absolute Gasteiger partial charge is 0.0606 e. The highest BCUT2D eigenvalue weighted by atomic mass is 16.3. The summed E-state index contributed by atoms with van der Waals surface area (Å²) in [4.78, 5) is 3.98. The largest absolute Gasteiger partial charge is 0.395 e. The van der Waals surface area contributed by atoms with Crippen LogP contribution < -0.4 is 9.80 Å². The number of aryl methyl sites for hydroxylation is 2. The van der Waals surface area contributed by atoms with Gasteiger partial charge in [-0.2, -0.15) is 0 Å². The number of rotatable bonds is 13. The lowest BCUT2D eigenvalue weighted by molar-refractivity contribution is 0.280. The number of aliphatic hydroxyl groups excluding tert-OH is 4. The van der Waals surface area contributed by atoms with Crippen molar-refractivity contribution in [3.05, 3.63) is 94.5 Å². The number of hydrogen-bond acceptors (Lipinski definition) is 6. The molecule has 0 spiro atoms. The summed E-state index contributed by atoms with van der Waals surface area (Å²) in [6, 6.07) is 23.1. The van der Waals surface area contributed by atoms with Crippen LogP contribution in [-0.4, -0.2) is 73.0 Å². The number of aliphatic hydroxyl groups is 4. The molecule has 0 aliphatic heterocycles. The lowest BCUT2D eigenvalue weighted by Gasteiger charge is -2.28. The fourth-order valence-electron chi connectivity index (χ4n) is 4.76. The number of nitrogens with zero attached hydrogens (tertiary/aromatic N) is 2. The van der Waals surface area contributed by atoms with Gasteiger partial charge in [-0.05, 0) is 65.9 Å². The molecule has 188 valence electrons. The van der Waals surface area contributed by atoms with Crippen LogP contribution in [0.4, 0.5) is 11.4 Å². The molecule has 3 aromatic carbocycles. The summed E-state index contributed by atoms with van der Waals surface area (Å²) in [6.07, 6.45) is 0. The standard InChI is InChI=1S/C29H38N2O4/c1-22-20-25(30(12-16-32)13-17-33)8-10-27(22)29(24-6-4-3-5-7-24)28-11-9-26(21-23(28)2)31(14-18-34)15-19-35/h3-11,20-21,29,32-35H,12-19H2,1-2H3. The monoisotopic (exact) mass is 478 g/mol. The summed E-state index contributed by atoms with van der Waals surface area (Å²) in [5, 5.41) is 37.8. The van der Waals surface area contributed by atoms with E-state index in [0.29, 0.717) is 26.2 Å². The van der Waals surface area contributed by atoms with Gasteiger partial charge in [-0.25, -0.2) is 0 Å². The second-order valence-electron chi connectivity index (χ2n) is 8.79. The lowest BCUT2D eigenvalue weighted by Crippen LogP contribution is -2.29. The van der Waals surface area contributed by atoms with Crippen LogP contribution in [0.5, 0.6) is 0 Å². The summed E-state index contributed by atoms with van der Waals surface area (Å²) in [6.45, 7) is 6.23. The number of benzene rings is 3. The van der Waals surface area contributed by atoms with Gasteiger partial charge in [0.15, 0.2) is 0 Å². The second-order valence-corrected chi connectivity index (χ2v) is 8.79. The third-order valence-electron chi connectivity index (χ3n) is 6.47. The molecule has 0 aliphatic rings. The molecule has 0 aliphatic carbocycles. The van der Waals surface area contributed by atoms with Gasteiger partial charge in [-0.1, -0.05) is 42.5 Å². The van der Waals surface area contributed by atoms with E-state index in [-0.39, 0.29) is 32.3 Å². The molecule has 0 unspecified atom stereocenters. The van der Waals surface area contributed by atoms with Crippen molar-refractivity contribution in [1.29, 1.82) is 0 Å². The highest BCUT2D eigenvalue weighted by molar-refractivity contribution is 5.58. The van der Waals surface area contributed by atoms with Crippen LogP contribution in [0.3, 0.4) is 0 Å². The third kappa shape index (κ3) is 6.61. The van der Waals surface area contributed by atoms with Gasteiger partial charge in [0.25, 0.3) is 0 Å². The van der Waals surface area contributed by atoms with E-state index < -0.39 is 0 Å². The van der Waals surface area contributed by atoms with Crippen molar-refractivity contribution in [2.24, 2.45) is 0 Å². The van der Waals surface area contributed by atoms with Gasteiger partial charge in [-0.3, -0.25) is 0 Å². The van der Waals surface area contributed by atoms with Crippen molar-refractivity contribution in [3.8, 4) is 0 Å². The molecule has 0 aromatic heterocycles. The molecule has 3 rings (SSSR count). The minimum atomic E-state index is 0.0303. The minimum Gasteiger partial charge on any atom is -0.395 e. The van der Waals surface area contributed by atoms with Gasteiger partial charge in [-0.15, -0.1) is 0 Å². The first-order valence-electron chi connectivity index (χ1n) is 12.2. The van der Waals surface area contributed by atoms with Crippen LogP contribution in [0.1, 0.15) is 33.7 Å². The van der Waals surface area contributed by atoms with Crippen LogP contribution in [0, 0.1) is 13.8 Å². The van der Waals surface area contributed by atoms with Crippen LogP contribution in [0.15, 0.2) is 66.7 Å². The molecule has 0 radical (unpaired) electrons.